The number of carbonyl (C=O) groups excluding carboxylic acids is 1. The van der Waals surface area contributed by atoms with Crippen LogP contribution in [0.25, 0.3) is 0 Å². The van der Waals surface area contributed by atoms with Crippen molar-refractivity contribution in [3.63, 3.8) is 0 Å². The molecule has 0 aromatic heterocycles. The van der Waals surface area contributed by atoms with E-state index in [1.165, 1.54) is 5.56 Å². The maximum absolute atomic E-state index is 12.7. The normalized spacial score (nSPS) is 15.5. The van der Waals surface area contributed by atoms with Crippen LogP contribution in [0.3, 0.4) is 0 Å². The van der Waals surface area contributed by atoms with Gasteiger partial charge in [0, 0.05) is 26.2 Å². The van der Waals surface area contributed by atoms with Gasteiger partial charge in [0.05, 0.1) is 20.3 Å². The fraction of sp³-hybridized carbons (Fsp3) is 0.435. The number of nitrogens with zero attached hydrogens (tertiary/aromatic N) is 1. The number of morpholine rings is 1. The van der Waals surface area contributed by atoms with E-state index in [9.17, 15) is 4.79 Å². The third-order valence-electron chi connectivity index (χ3n) is 4.97. The quantitative estimate of drug-likeness (QED) is 0.704. The summed E-state index contributed by atoms with van der Waals surface area (Å²) in [4.78, 5) is 15.0. The smallest absolute Gasteiger partial charge is 0.261 e. The van der Waals surface area contributed by atoms with Crippen LogP contribution >= 0.6 is 0 Å². The SMILES string of the molecule is CC[C@@H](Oc1ccccc1OC)C(=O)NCc1cccc(CN2CCOCC2)c1. The molecule has 29 heavy (non-hydrogen) atoms. The first-order valence-corrected chi connectivity index (χ1v) is 10.1. The van der Waals surface area contributed by atoms with Crippen LogP contribution < -0.4 is 14.8 Å². The van der Waals surface area contributed by atoms with Crippen LogP contribution in [0.1, 0.15) is 24.5 Å². The van der Waals surface area contributed by atoms with E-state index in [1.807, 2.05) is 43.3 Å². The van der Waals surface area contributed by atoms with Crippen LogP contribution in [0.4, 0.5) is 0 Å². The number of amides is 1. The van der Waals surface area contributed by atoms with Crippen LogP contribution in [-0.4, -0.2) is 50.3 Å². The summed E-state index contributed by atoms with van der Waals surface area (Å²) in [5.41, 5.74) is 2.33. The van der Waals surface area contributed by atoms with Crippen molar-refractivity contribution in [2.45, 2.75) is 32.5 Å². The number of nitrogens with one attached hydrogen (secondary N) is 1. The molecule has 0 saturated carbocycles. The molecule has 1 aliphatic heterocycles. The molecule has 1 atom stereocenters. The monoisotopic (exact) mass is 398 g/mol. The highest BCUT2D eigenvalue weighted by molar-refractivity contribution is 5.81. The summed E-state index contributed by atoms with van der Waals surface area (Å²) >= 11 is 0. The van der Waals surface area contributed by atoms with E-state index < -0.39 is 6.10 Å². The van der Waals surface area contributed by atoms with E-state index in [1.54, 1.807) is 7.11 Å². The molecule has 156 valence electrons. The van der Waals surface area contributed by atoms with E-state index in [0.717, 1.165) is 38.4 Å². The van der Waals surface area contributed by atoms with E-state index in [2.05, 4.69) is 22.3 Å². The van der Waals surface area contributed by atoms with Gasteiger partial charge in [0.15, 0.2) is 17.6 Å². The van der Waals surface area contributed by atoms with E-state index in [4.69, 9.17) is 14.2 Å². The molecule has 0 radical (unpaired) electrons. The maximum atomic E-state index is 12.7. The minimum atomic E-state index is -0.567. The molecule has 3 rings (SSSR count). The first kappa shape index (κ1) is 21.1. The summed E-state index contributed by atoms with van der Waals surface area (Å²) < 4.78 is 16.6. The van der Waals surface area contributed by atoms with Crippen molar-refractivity contribution in [2.24, 2.45) is 0 Å². The maximum Gasteiger partial charge on any atom is 0.261 e. The highest BCUT2D eigenvalue weighted by atomic mass is 16.5. The Hall–Kier alpha value is -2.57. The van der Waals surface area contributed by atoms with Gasteiger partial charge < -0.3 is 19.5 Å². The topological polar surface area (TPSA) is 60.0 Å². The second kappa shape index (κ2) is 10.8. The Labute approximate surface area is 172 Å². The first-order chi connectivity index (χ1) is 14.2. The van der Waals surface area contributed by atoms with Gasteiger partial charge in [-0.05, 0) is 29.7 Å². The molecule has 1 N–H and O–H groups in total. The van der Waals surface area contributed by atoms with Gasteiger partial charge in [0.2, 0.25) is 0 Å². The van der Waals surface area contributed by atoms with Crippen LogP contribution in [-0.2, 0) is 22.6 Å². The number of carbonyl (C=O) groups is 1. The first-order valence-electron chi connectivity index (χ1n) is 10.1. The lowest BCUT2D eigenvalue weighted by molar-refractivity contribution is -0.128. The Kier molecular flexibility index (Phi) is 7.90. The molecular weight excluding hydrogens is 368 g/mol. The largest absolute Gasteiger partial charge is 0.493 e. The van der Waals surface area contributed by atoms with E-state index in [0.29, 0.717) is 24.5 Å². The molecule has 0 unspecified atom stereocenters. The number of hydrogen-bond donors (Lipinski definition) is 1. The molecule has 6 nitrogen and oxygen atoms in total. The summed E-state index contributed by atoms with van der Waals surface area (Å²) in [5.74, 6) is 1.07. The van der Waals surface area contributed by atoms with Crippen molar-refractivity contribution in [1.82, 2.24) is 10.2 Å². The van der Waals surface area contributed by atoms with Gasteiger partial charge in [-0.25, -0.2) is 0 Å². The standard InChI is InChI=1S/C23H30N2O4/c1-3-20(29-22-10-5-4-9-21(22)27-2)23(26)24-16-18-7-6-8-19(15-18)17-25-11-13-28-14-12-25/h4-10,15,20H,3,11-14,16-17H2,1-2H3,(H,24,26)/t20-/m1/s1. The van der Waals surface area contributed by atoms with Crippen molar-refractivity contribution in [3.05, 3.63) is 59.7 Å². The molecular formula is C23H30N2O4. The van der Waals surface area contributed by atoms with Gasteiger partial charge in [0.25, 0.3) is 5.91 Å². The Bertz CT molecular complexity index is 790. The zero-order chi connectivity index (χ0) is 20.5. The molecule has 1 amide bonds. The second-order valence-corrected chi connectivity index (χ2v) is 7.09. The molecule has 2 aromatic carbocycles. The zero-order valence-corrected chi connectivity index (χ0v) is 17.2. The summed E-state index contributed by atoms with van der Waals surface area (Å²) in [7, 11) is 1.59. The fourth-order valence-corrected chi connectivity index (χ4v) is 3.35. The molecule has 0 bridgehead atoms. The van der Waals surface area contributed by atoms with Gasteiger partial charge in [-0.3, -0.25) is 9.69 Å². The van der Waals surface area contributed by atoms with Gasteiger partial charge in [-0.15, -0.1) is 0 Å². The third kappa shape index (κ3) is 6.21. The average molecular weight is 399 g/mol. The summed E-state index contributed by atoms with van der Waals surface area (Å²) in [6, 6.07) is 15.7. The van der Waals surface area contributed by atoms with Crippen molar-refractivity contribution < 1.29 is 19.0 Å². The number of benzene rings is 2. The van der Waals surface area contributed by atoms with Crippen molar-refractivity contribution >= 4 is 5.91 Å². The number of rotatable bonds is 9. The Morgan fingerprint density at radius 1 is 1.10 bits per heavy atom. The minimum absolute atomic E-state index is 0.128. The molecule has 0 spiro atoms. The summed E-state index contributed by atoms with van der Waals surface area (Å²) in [5, 5.41) is 3.00. The molecule has 2 aromatic rings. The molecule has 0 aliphatic carbocycles. The average Bonchev–Trinajstić information content (AvgIpc) is 2.77. The summed E-state index contributed by atoms with van der Waals surface area (Å²) in [6.45, 7) is 6.81. The van der Waals surface area contributed by atoms with E-state index in [-0.39, 0.29) is 5.91 Å². The lowest BCUT2D eigenvalue weighted by Gasteiger charge is -2.26. The van der Waals surface area contributed by atoms with Gasteiger partial charge >= 0.3 is 0 Å². The minimum Gasteiger partial charge on any atom is -0.493 e. The van der Waals surface area contributed by atoms with Crippen LogP contribution in [0.2, 0.25) is 0 Å². The second-order valence-electron chi connectivity index (χ2n) is 7.09. The number of para-hydroxylation sites is 2. The van der Waals surface area contributed by atoms with Crippen molar-refractivity contribution in [3.8, 4) is 11.5 Å². The van der Waals surface area contributed by atoms with Crippen LogP contribution in [0.5, 0.6) is 11.5 Å². The van der Waals surface area contributed by atoms with Gasteiger partial charge in [0.1, 0.15) is 0 Å². The Morgan fingerprint density at radius 3 is 2.55 bits per heavy atom. The number of hydrogen-bond acceptors (Lipinski definition) is 5. The van der Waals surface area contributed by atoms with Crippen molar-refractivity contribution in [1.29, 1.82) is 0 Å². The van der Waals surface area contributed by atoms with E-state index >= 15 is 0 Å². The fourth-order valence-electron chi connectivity index (χ4n) is 3.35. The van der Waals surface area contributed by atoms with Gasteiger partial charge in [-0.1, -0.05) is 43.3 Å². The Balaban J connectivity index is 1.55. The highest BCUT2D eigenvalue weighted by Crippen LogP contribution is 2.27. The predicted octanol–water partition coefficient (Wildman–Crippen LogP) is 3.00. The predicted molar refractivity (Wildman–Crippen MR) is 112 cm³/mol. The third-order valence-corrected chi connectivity index (χ3v) is 4.97. The van der Waals surface area contributed by atoms with Crippen molar-refractivity contribution in [2.75, 3.05) is 33.4 Å². The molecule has 1 aliphatic rings. The number of methoxy groups -OCH3 is 1. The molecule has 1 fully saturated rings. The molecule has 1 saturated heterocycles. The highest BCUT2D eigenvalue weighted by Gasteiger charge is 2.20. The van der Waals surface area contributed by atoms with Crippen LogP contribution in [0, 0.1) is 0 Å². The van der Waals surface area contributed by atoms with Gasteiger partial charge in [-0.2, -0.15) is 0 Å². The number of ether oxygens (including phenoxy) is 3. The lowest BCUT2D eigenvalue weighted by atomic mass is 10.1. The molecule has 1 heterocycles. The zero-order valence-electron chi connectivity index (χ0n) is 17.2. The lowest BCUT2D eigenvalue weighted by Crippen LogP contribution is -2.37. The van der Waals surface area contributed by atoms with Crippen LogP contribution in [0.15, 0.2) is 48.5 Å². The Morgan fingerprint density at radius 2 is 1.83 bits per heavy atom. The molecule has 6 heteroatoms. The summed E-state index contributed by atoms with van der Waals surface area (Å²) in [6.07, 6.45) is 0.00357.